The summed E-state index contributed by atoms with van der Waals surface area (Å²) in [6, 6.07) is 8.60. The summed E-state index contributed by atoms with van der Waals surface area (Å²) in [5.41, 5.74) is 1.06. The molecule has 2 nitrogen and oxygen atoms in total. The summed E-state index contributed by atoms with van der Waals surface area (Å²) >= 11 is 2.02. The Morgan fingerprint density at radius 3 is 2.32 bits per heavy atom. The zero-order valence-corrected chi connectivity index (χ0v) is 14.9. The van der Waals surface area contributed by atoms with E-state index in [1.165, 1.54) is 37.0 Å². The molecule has 0 aliphatic heterocycles. The number of nitrogens with zero attached hydrogens (tertiary/aromatic N) is 1. The Balaban J connectivity index is 1.82. The van der Waals surface area contributed by atoms with Crippen LogP contribution in [-0.2, 0) is 0 Å². The van der Waals surface area contributed by atoms with Crippen molar-refractivity contribution in [3.63, 3.8) is 0 Å². The van der Waals surface area contributed by atoms with Crippen LogP contribution in [0.3, 0.4) is 0 Å². The third kappa shape index (κ3) is 5.60. The maximum Gasteiger partial charge on any atom is 0.0802 e. The molecular weight excluding hydrogens is 290 g/mol. The predicted octanol–water partition coefficient (Wildman–Crippen LogP) is 4.88. The zero-order valence-electron chi connectivity index (χ0n) is 14.1. The maximum atomic E-state index is 10.3. The number of hydrogen-bond acceptors (Lipinski definition) is 3. The summed E-state index contributed by atoms with van der Waals surface area (Å²) in [4.78, 5) is 3.71. The van der Waals surface area contributed by atoms with E-state index in [0.717, 1.165) is 36.9 Å². The van der Waals surface area contributed by atoms with Gasteiger partial charge in [0.2, 0.25) is 0 Å². The molecule has 1 aromatic carbocycles. The van der Waals surface area contributed by atoms with Crippen molar-refractivity contribution in [2.24, 2.45) is 0 Å². The van der Waals surface area contributed by atoms with Gasteiger partial charge in [-0.3, -0.25) is 0 Å². The first kappa shape index (κ1) is 17.8. The molecular formula is C19H31NOS. The van der Waals surface area contributed by atoms with Crippen molar-refractivity contribution >= 4 is 11.8 Å². The zero-order chi connectivity index (χ0) is 15.8. The molecule has 2 rings (SSSR count). The molecule has 0 saturated heterocycles. The van der Waals surface area contributed by atoms with E-state index in [1.807, 2.05) is 11.8 Å². The molecule has 1 atom stereocenters. The Morgan fingerprint density at radius 1 is 1.09 bits per heavy atom. The van der Waals surface area contributed by atoms with Crippen molar-refractivity contribution in [3.8, 4) is 0 Å². The summed E-state index contributed by atoms with van der Waals surface area (Å²) in [7, 11) is 0. The molecule has 22 heavy (non-hydrogen) atoms. The third-order valence-corrected chi connectivity index (χ3v) is 6.08. The molecule has 0 aromatic heterocycles. The molecule has 0 radical (unpaired) electrons. The molecule has 1 fully saturated rings. The second-order valence-corrected chi connectivity index (χ2v) is 7.65. The summed E-state index contributed by atoms with van der Waals surface area (Å²) in [5, 5.41) is 11.1. The van der Waals surface area contributed by atoms with Gasteiger partial charge in [0.05, 0.1) is 6.10 Å². The normalized spacial score (nSPS) is 17.8. The van der Waals surface area contributed by atoms with Crippen LogP contribution in [0, 0.1) is 0 Å². The Labute approximate surface area is 140 Å². The van der Waals surface area contributed by atoms with Gasteiger partial charge < -0.3 is 10.0 Å². The van der Waals surface area contributed by atoms with Crippen molar-refractivity contribution in [1.82, 2.24) is 4.90 Å². The lowest BCUT2D eigenvalue weighted by Gasteiger charge is -2.22. The molecule has 3 heteroatoms. The fourth-order valence-electron chi connectivity index (χ4n) is 3.16. The van der Waals surface area contributed by atoms with Gasteiger partial charge in [0.15, 0.2) is 0 Å². The Kier molecular flexibility index (Phi) is 7.77. The van der Waals surface area contributed by atoms with Crippen molar-refractivity contribution in [3.05, 3.63) is 29.8 Å². The molecule has 1 N–H and O–H groups in total. The average molecular weight is 322 g/mol. The van der Waals surface area contributed by atoms with E-state index in [-0.39, 0.29) is 6.10 Å². The molecule has 1 unspecified atom stereocenters. The second-order valence-electron chi connectivity index (χ2n) is 6.28. The van der Waals surface area contributed by atoms with Gasteiger partial charge in [0, 0.05) is 16.7 Å². The molecule has 1 aromatic rings. The van der Waals surface area contributed by atoms with E-state index < -0.39 is 0 Å². The topological polar surface area (TPSA) is 23.5 Å². The number of aliphatic hydroxyl groups is 1. The minimum absolute atomic E-state index is 0.339. The minimum atomic E-state index is -0.339. The quantitative estimate of drug-likeness (QED) is 0.738. The van der Waals surface area contributed by atoms with Crippen LogP contribution in [0.2, 0.25) is 0 Å². The number of thioether (sulfide) groups is 1. The number of rotatable bonds is 8. The molecule has 124 valence electrons. The van der Waals surface area contributed by atoms with Gasteiger partial charge in [-0.2, -0.15) is 0 Å². The first-order chi connectivity index (χ1) is 10.7. The first-order valence-corrected chi connectivity index (χ1v) is 9.78. The molecule has 0 heterocycles. The lowest BCUT2D eigenvalue weighted by molar-refractivity contribution is 0.145. The Bertz CT molecular complexity index is 410. The fourth-order valence-corrected chi connectivity index (χ4v) is 4.40. The second kappa shape index (κ2) is 9.59. The van der Waals surface area contributed by atoms with E-state index >= 15 is 0 Å². The molecule has 0 spiro atoms. The monoisotopic (exact) mass is 321 g/mol. The maximum absolute atomic E-state index is 10.3. The van der Waals surface area contributed by atoms with Crippen molar-refractivity contribution in [1.29, 1.82) is 0 Å². The van der Waals surface area contributed by atoms with Crippen molar-refractivity contribution in [2.45, 2.75) is 68.6 Å². The van der Waals surface area contributed by atoms with Gasteiger partial charge in [-0.1, -0.05) is 45.2 Å². The largest absolute Gasteiger partial charge is 0.388 e. The highest BCUT2D eigenvalue weighted by atomic mass is 32.2. The molecule has 0 amide bonds. The van der Waals surface area contributed by atoms with Crippen LogP contribution < -0.4 is 0 Å². The highest BCUT2D eigenvalue weighted by Crippen LogP contribution is 2.34. The standard InChI is InChI=1S/C19H31NOS/c1-3-20(4-2)15-14-19(21)16-10-12-18(13-11-16)22-17-8-6-5-7-9-17/h10-13,17,19,21H,3-9,14-15H2,1-2H3. The average Bonchev–Trinajstić information content (AvgIpc) is 2.57. The molecule has 1 aliphatic rings. The first-order valence-electron chi connectivity index (χ1n) is 8.90. The third-order valence-electron chi connectivity index (χ3n) is 4.73. The van der Waals surface area contributed by atoms with Crippen molar-refractivity contribution in [2.75, 3.05) is 19.6 Å². The fraction of sp³-hybridized carbons (Fsp3) is 0.684. The van der Waals surface area contributed by atoms with Crippen LogP contribution in [0.1, 0.15) is 64.0 Å². The number of benzene rings is 1. The van der Waals surface area contributed by atoms with Crippen LogP contribution in [0.25, 0.3) is 0 Å². The van der Waals surface area contributed by atoms with E-state index in [4.69, 9.17) is 0 Å². The number of hydrogen-bond donors (Lipinski definition) is 1. The predicted molar refractivity (Wildman–Crippen MR) is 96.5 cm³/mol. The van der Waals surface area contributed by atoms with E-state index in [2.05, 4.69) is 43.0 Å². The SMILES string of the molecule is CCN(CC)CCC(O)c1ccc(SC2CCCCC2)cc1. The van der Waals surface area contributed by atoms with Gasteiger partial charge in [-0.25, -0.2) is 0 Å². The van der Waals surface area contributed by atoms with Gasteiger partial charge in [0.1, 0.15) is 0 Å². The van der Waals surface area contributed by atoms with Gasteiger partial charge in [0.25, 0.3) is 0 Å². The number of aliphatic hydroxyl groups excluding tert-OH is 1. The van der Waals surface area contributed by atoms with Gasteiger partial charge >= 0.3 is 0 Å². The van der Waals surface area contributed by atoms with Gasteiger partial charge in [-0.15, -0.1) is 11.8 Å². The molecule has 1 saturated carbocycles. The van der Waals surface area contributed by atoms with Crippen LogP contribution >= 0.6 is 11.8 Å². The van der Waals surface area contributed by atoms with Crippen molar-refractivity contribution < 1.29 is 5.11 Å². The van der Waals surface area contributed by atoms with Crippen LogP contribution in [0.5, 0.6) is 0 Å². The van der Waals surface area contributed by atoms with Crippen LogP contribution in [-0.4, -0.2) is 34.9 Å². The van der Waals surface area contributed by atoms with E-state index in [9.17, 15) is 5.11 Å². The van der Waals surface area contributed by atoms with Crippen LogP contribution in [0.15, 0.2) is 29.2 Å². The smallest absolute Gasteiger partial charge is 0.0802 e. The van der Waals surface area contributed by atoms with E-state index in [0.29, 0.717) is 0 Å². The summed E-state index contributed by atoms with van der Waals surface area (Å²) in [6.45, 7) is 7.42. The summed E-state index contributed by atoms with van der Waals surface area (Å²) in [6.07, 6.45) is 7.39. The highest BCUT2D eigenvalue weighted by molar-refractivity contribution is 8.00. The minimum Gasteiger partial charge on any atom is -0.388 e. The van der Waals surface area contributed by atoms with E-state index in [1.54, 1.807) is 0 Å². The molecule has 0 bridgehead atoms. The summed E-state index contributed by atoms with van der Waals surface area (Å²) in [5.74, 6) is 0. The Morgan fingerprint density at radius 2 is 1.73 bits per heavy atom. The summed E-state index contributed by atoms with van der Waals surface area (Å²) < 4.78 is 0. The lowest BCUT2D eigenvalue weighted by Crippen LogP contribution is -2.25. The lowest BCUT2D eigenvalue weighted by atomic mass is 10.0. The molecule has 1 aliphatic carbocycles. The van der Waals surface area contributed by atoms with Gasteiger partial charge in [-0.05, 0) is 50.0 Å². The Hall–Kier alpha value is -0.510. The van der Waals surface area contributed by atoms with Crippen LogP contribution in [0.4, 0.5) is 0 Å². The highest BCUT2D eigenvalue weighted by Gasteiger charge is 2.15.